The number of hydrogen-bond acceptors (Lipinski definition) is 4. The quantitative estimate of drug-likeness (QED) is 0.773. The number of carbonyl (C=O) groups is 1. The van der Waals surface area contributed by atoms with Crippen LogP contribution in [0.1, 0.15) is 11.6 Å². The van der Waals surface area contributed by atoms with Crippen molar-refractivity contribution in [3.8, 4) is 0 Å². The van der Waals surface area contributed by atoms with E-state index in [2.05, 4.69) is 25.7 Å². The third kappa shape index (κ3) is 4.25. The summed E-state index contributed by atoms with van der Waals surface area (Å²) in [6, 6.07) is 7.45. The highest BCUT2D eigenvalue weighted by molar-refractivity contribution is 6.31. The van der Waals surface area contributed by atoms with Crippen molar-refractivity contribution in [2.24, 2.45) is 0 Å². The second-order valence-corrected chi connectivity index (χ2v) is 5.91. The molecule has 1 aliphatic rings. The largest absolute Gasteiger partial charge is 0.379 e. The number of aromatic nitrogens is 2. The number of nitrogens with one attached hydrogen (secondary N) is 3. The molecule has 1 atom stereocenters. The van der Waals surface area contributed by atoms with Gasteiger partial charge in [0.25, 0.3) is 0 Å². The molecule has 0 radical (unpaired) electrons. The molecule has 0 bridgehead atoms. The van der Waals surface area contributed by atoms with Gasteiger partial charge in [-0.15, -0.1) is 0 Å². The maximum absolute atomic E-state index is 12.1. The molecule has 2 amide bonds. The minimum absolute atomic E-state index is 0.00213. The Kier molecular flexibility index (Phi) is 5.68. The number of benzene rings is 1. The van der Waals surface area contributed by atoms with Crippen LogP contribution in [0.3, 0.4) is 0 Å². The molecule has 0 aliphatic carbocycles. The number of anilines is 1. The van der Waals surface area contributed by atoms with Crippen molar-refractivity contribution in [1.82, 2.24) is 20.4 Å². The van der Waals surface area contributed by atoms with Crippen molar-refractivity contribution in [3.05, 3.63) is 47.2 Å². The molecule has 1 aromatic carbocycles. The molecule has 2 heterocycles. The molecule has 7 nitrogen and oxygen atoms in total. The molecule has 0 unspecified atom stereocenters. The van der Waals surface area contributed by atoms with Gasteiger partial charge in [0.05, 0.1) is 31.1 Å². The van der Waals surface area contributed by atoms with E-state index in [9.17, 15) is 4.79 Å². The van der Waals surface area contributed by atoms with Crippen LogP contribution in [0.5, 0.6) is 0 Å². The zero-order valence-corrected chi connectivity index (χ0v) is 13.9. The van der Waals surface area contributed by atoms with E-state index in [0.29, 0.717) is 30.5 Å². The van der Waals surface area contributed by atoms with Gasteiger partial charge in [-0.3, -0.25) is 10.00 Å². The van der Waals surface area contributed by atoms with E-state index in [0.717, 1.165) is 18.7 Å². The summed E-state index contributed by atoms with van der Waals surface area (Å²) in [5.74, 6) is 0. The lowest BCUT2D eigenvalue weighted by Gasteiger charge is -2.35. The standard InChI is InChI=1S/C16H20ClN5O2/c17-14-4-2-1-3-13(14)15(22-5-7-24-8-6-22)11-18-16(23)21-12-9-19-20-10-12/h1-4,9-10,15H,5-8,11H2,(H,19,20)(H2,18,21,23)/t15-/m0/s1. The zero-order chi connectivity index (χ0) is 16.8. The fraction of sp³-hybridized carbons (Fsp3) is 0.375. The summed E-state index contributed by atoms with van der Waals surface area (Å²) in [5.41, 5.74) is 1.62. The molecule has 8 heteroatoms. The fourth-order valence-electron chi connectivity index (χ4n) is 2.75. The topological polar surface area (TPSA) is 82.3 Å². The van der Waals surface area contributed by atoms with E-state index in [1.165, 1.54) is 0 Å². The number of morpholine rings is 1. The van der Waals surface area contributed by atoms with Gasteiger partial charge in [0.1, 0.15) is 0 Å². The summed E-state index contributed by atoms with van der Waals surface area (Å²) in [6.07, 6.45) is 3.17. The predicted octanol–water partition coefficient (Wildman–Crippen LogP) is 2.26. The number of carbonyl (C=O) groups excluding carboxylic acids is 1. The number of halogens is 1. The van der Waals surface area contributed by atoms with E-state index in [4.69, 9.17) is 16.3 Å². The normalized spacial score (nSPS) is 16.5. The Morgan fingerprint density at radius 1 is 1.38 bits per heavy atom. The van der Waals surface area contributed by atoms with Gasteiger partial charge in [0, 0.05) is 30.9 Å². The molecule has 1 fully saturated rings. The second kappa shape index (κ2) is 8.14. The van der Waals surface area contributed by atoms with E-state index in [-0.39, 0.29) is 12.1 Å². The van der Waals surface area contributed by atoms with Crippen LogP contribution in [0.15, 0.2) is 36.7 Å². The average molecular weight is 350 g/mol. The van der Waals surface area contributed by atoms with Gasteiger partial charge in [-0.1, -0.05) is 29.8 Å². The monoisotopic (exact) mass is 349 g/mol. The first-order chi connectivity index (χ1) is 11.7. The Morgan fingerprint density at radius 3 is 2.88 bits per heavy atom. The van der Waals surface area contributed by atoms with Crippen molar-refractivity contribution in [1.29, 1.82) is 0 Å². The third-order valence-electron chi connectivity index (χ3n) is 3.96. The van der Waals surface area contributed by atoms with Crippen molar-refractivity contribution in [3.63, 3.8) is 0 Å². The number of urea groups is 1. The number of aromatic amines is 1. The smallest absolute Gasteiger partial charge is 0.319 e. The molecule has 1 aromatic heterocycles. The van der Waals surface area contributed by atoms with Gasteiger partial charge in [-0.05, 0) is 11.6 Å². The van der Waals surface area contributed by atoms with Crippen LogP contribution in [0, 0.1) is 0 Å². The zero-order valence-electron chi connectivity index (χ0n) is 13.2. The van der Waals surface area contributed by atoms with Gasteiger partial charge in [-0.25, -0.2) is 4.79 Å². The maximum atomic E-state index is 12.1. The van der Waals surface area contributed by atoms with E-state index >= 15 is 0 Å². The van der Waals surface area contributed by atoms with Crippen LogP contribution in [0.4, 0.5) is 10.5 Å². The molecule has 0 spiro atoms. The summed E-state index contributed by atoms with van der Waals surface area (Å²) in [7, 11) is 0. The van der Waals surface area contributed by atoms with Gasteiger partial charge >= 0.3 is 6.03 Å². The summed E-state index contributed by atoms with van der Waals surface area (Å²) in [4.78, 5) is 14.4. The van der Waals surface area contributed by atoms with Crippen LogP contribution in [0.25, 0.3) is 0 Å². The molecule has 1 aliphatic heterocycles. The molecule has 128 valence electrons. The molecular weight excluding hydrogens is 330 g/mol. The SMILES string of the molecule is O=C(NC[C@@H](c1ccccc1Cl)N1CCOCC1)Nc1cn[nH]c1. The first-order valence-corrected chi connectivity index (χ1v) is 8.21. The lowest BCUT2D eigenvalue weighted by molar-refractivity contribution is 0.0168. The number of ether oxygens (including phenoxy) is 1. The lowest BCUT2D eigenvalue weighted by Crippen LogP contribution is -2.44. The summed E-state index contributed by atoms with van der Waals surface area (Å²) in [5, 5.41) is 12.8. The van der Waals surface area contributed by atoms with Gasteiger partial charge in [0.2, 0.25) is 0 Å². The summed E-state index contributed by atoms with van der Waals surface area (Å²) < 4.78 is 5.43. The van der Waals surface area contributed by atoms with Crippen LogP contribution in [-0.4, -0.2) is 54.0 Å². The minimum Gasteiger partial charge on any atom is -0.379 e. The molecule has 24 heavy (non-hydrogen) atoms. The first-order valence-electron chi connectivity index (χ1n) is 7.84. The summed E-state index contributed by atoms with van der Waals surface area (Å²) in [6.45, 7) is 3.43. The van der Waals surface area contributed by atoms with Crippen molar-refractivity contribution in [2.75, 3.05) is 38.2 Å². The maximum Gasteiger partial charge on any atom is 0.319 e. The molecule has 0 saturated carbocycles. The number of hydrogen-bond donors (Lipinski definition) is 3. The lowest BCUT2D eigenvalue weighted by atomic mass is 10.0. The van der Waals surface area contributed by atoms with E-state index in [1.807, 2.05) is 24.3 Å². The van der Waals surface area contributed by atoms with E-state index < -0.39 is 0 Å². The Labute approximate surface area is 145 Å². The Bertz CT molecular complexity index is 658. The van der Waals surface area contributed by atoms with Crippen LogP contribution in [-0.2, 0) is 4.74 Å². The van der Waals surface area contributed by atoms with Gasteiger partial charge in [0.15, 0.2) is 0 Å². The highest BCUT2D eigenvalue weighted by atomic mass is 35.5. The van der Waals surface area contributed by atoms with Crippen LogP contribution < -0.4 is 10.6 Å². The van der Waals surface area contributed by atoms with Gasteiger partial charge in [-0.2, -0.15) is 5.10 Å². The molecule has 1 saturated heterocycles. The highest BCUT2D eigenvalue weighted by Crippen LogP contribution is 2.27. The third-order valence-corrected chi connectivity index (χ3v) is 4.31. The Morgan fingerprint density at radius 2 is 2.17 bits per heavy atom. The minimum atomic E-state index is -0.276. The van der Waals surface area contributed by atoms with Crippen molar-refractivity contribution >= 4 is 23.3 Å². The van der Waals surface area contributed by atoms with E-state index in [1.54, 1.807) is 12.4 Å². The highest BCUT2D eigenvalue weighted by Gasteiger charge is 2.24. The first kappa shape index (κ1) is 16.8. The van der Waals surface area contributed by atoms with Gasteiger partial charge < -0.3 is 15.4 Å². The molecule has 2 aromatic rings. The van der Waals surface area contributed by atoms with Crippen LogP contribution >= 0.6 is 11.6 Å². The second-order valence-electron chi connectivity index (χ2n) is 5.51. The average Bonchev–Trinajstić information content (AvgIpc) is 3.10. The van der Waals surface area contributed by atoms with Crippen LogP contribution in [0.2, 0.25) is 5.02 Å². The van der Waals surface area contributed by atoms with Crippen molar-refractivity contribution in [2.45, 2.75) is 6.04 Å². The summed E-state index contributed by atoms with van der Waals surface area (Å²) >= 11 is 6.37. The number of H-pyrrole nitrogens is 1. The fourth-order valence-corrected chi connectivity index (χ4v) is 3.02. The predicted molar refractivity (Wildman–Crippen MR) is 92.2 cm³/mol. The Hall–Kier alpha value is -2.09. The number of rotatable bonds is 5. The molecular formula is C16H20ClN5O2. The number of amides is 2. The number of nitrogens with zero attached hydrogens (tertiary/aromatic N) is 2. The molecule has 3 N–H and O–H groups in total. The van der Waals surface area contributed by atoms with Crippen molar-refractivity contribution < 1.29 is 9.53 Å². The Balaban J connectivity index is 1.67. The molecule has 3 rings (SSSR count).